The van der Waals surface area contributed by atoms with Crippen LogP contribution >= 0.6 is 0 Å². The van der Waals surface area contributed by atoms with E-state index in [2.05, 4.69) is 58.9 Å². The van der Waals surface area contributed by atoms with Crippen LogP contribution in [0.1, 0.15) is 51.3 Å². The Morgan fingerprint density at radius 3 is 2.61 bits per heavy atom. The van der Waals surface area contributed by atoms with Gasteiger partial charge in [0.15, 0.2) is 0 Å². The smallest absolute Gasteiger partial charge is 0.127 e. The highest BCUT2D eigenvalue weighted by molar-refractivity contribution is 5.99. The molecule has 154 valence electrons. The molecule has 3 rings (SSSR count). The van der Waals surface area contributed by atoms with Gasteiger partial charge >= 0.3 is 0 Å². The van der Waals surface area contributed by atoms with Crippen molar-refractivity contribution in [3.05, 3.63) is 23.7 Å². The highest BCUT2D eigenvalue weighted by Crippen LogP contribution is 2.36. The molecule has 7 nitrogen and oxygen atoms in total. The number of nitrogens with one attached hydrogen (secondary N) is 2. The molecule has 2 aliphatic rings. The van der Waals surface area contributed by atoms with Crippen LogP contribution < -0.4 is 10.6 Å². The second-order valence-electron chi connectivity index (χ2n) is 8.10. The van der Waals surface area contributed by atoms with E-state index >= 15 is 0 Å². The Balaban J connectivity index is 1.59. The Hall–Kier alpha value is -2.15. The van der Waals surface area contributed by atoms with Gasteiger partial charge in [-0.05, 0) is 59.1 Å². The maximum Gasteiger partial charge on any atom is 0.127 e. The van der Waals surface area contributed by atoms with Crippen LogP contribution in [0.15, 0.2) is 28.0 Å². The molecule has 0 radical (unpaired) electrons. The summed E-state index contributed by atoms with van der Waals surface area (Å²) in [7, 11) is 1.91. The number of amidine groups is 1. The molecule has 2 heterocycles. The van der Waals surface area contributed by atoms with Crippen LogP contribution in [0.2, 0.25) is 0 Å². The maximum absolute atomic E-state index is 4.76. The van der Waals surface area contributed by atoms with Crippen molar-refractivity contribution in [1.82, 2.24) is 20.0 Å². The molecule has 1 saturated carbocycles. The number of likely N-dealkylation sites (tertiary alicyclic amines) is 1. The van der Waals surface area contributed by atoms with Crippen molar-refractivity contribution in [2.45, 2.75) is 58.5 Å². The summed E-state index contributed by atoms with van der Waals surface area (Å²) in [6.07, 6.45) is 8.70. The Morgan fingerprint density at radius 2 is 2.04 bits per heavy atom. The Bertz CT molecular complexity index is 719. The van der Waals surface area contributed by atoms with Crippen molar-refractivity contribution in [3.63, 3.8) is 0 Å². The number of piperidine rings is 1. The fraction of sp³-hybridized carbons (Fsp3) is 0.667. The van der Waals surface area contributed by atoms with Crippen LogP contribution in [0.5, 0.6) is 0 Å². The van der Waals surface area contributed by atoms with Gasteiger partial charge in [-0.1, -0.05) is 0 Å². The first-order chi connectivity index (χ1) is 13.5. The zero-order valence-electron chi connectivity index (χ0n) is 17.8. The third kappa shape index (κ3) is 5.01. The molecule has 28 heavy (non-hydrogen) atoms. The van der Waals surface area contributed by atoms with Crippen molar-refractivity contribution in [3.8, 4) is 0 Å². The van der Waals surface area contributed by atoms with Gasteiger partial charge in [0.05, 0.1) is 17.4 Å². The molecule has 0 bridgehead atoms. The summed E-state index contributed by atoms with van der Waals surface area (Å²) in [6.45, 7) is 13.0. The molecule has 7 heteroatoms. The number of aryl methyl sites for hydroxylation is 1. The average Bonchev–Trinajstić information content (AvgIpc) is 3.47. The minimum atomic E-state index is 0.490. The Kier molecular flexibility index (Phi) is 6.88. The summed E-state index contributed by atoms with van der Waals surface area (Å²) >= 11 is 0. The summed E-state index contributed by atoms with van der Waals surface area (Å²) < 4.78 is 2.15. The van der Waals surface area contributed by atoms with Crippen molar-refractivity contribution in [2.24, 2.45) is 15.9 Å². The predicted molar refractivity (Wildman–Crippen MR) is 117 cm³/mol. The van der Waals surface area contributed by atoms with Gasteiger partial charge in [0, 0.05) is 44.1 Å². The average molecular weight is 386 g/mol. The van der Waals surface area contributed by atoms with E-state index in [9.17, 15) is 0 Å². The van der Waals surface area contributed by atoms with Crippen molar-refractivity contribution < 1.29 is 0 Å². The largest absolute Gasteiger partial charge is 0.373 e. The molecule has 0 spiro atoms. The number of nitrogens with zero attached hydrogens (tertiary/aromatic N) is 5. The quantitative estimate of drug-likeness (QED) is 0.532. The van der Waals surface area contributed by atoms with Gasteiger partial charge in [-0.25, -0.2) is 4.99 Å². The van der Waals surface area contributed by atoms with E-state index in [-0.39, 0.29) is 0 Å². The summed E-state index contributed by atoms with van der Waals surface area (Å²) in [6, 6.07) is 1.12. The van der Waals surface area contributed by atoms with Crippen LogP contribution in [0.4, 0.5) is 5.69 Å². The molecular weight excluding hydrogens is 350 g/mol. The lowest BCUT2D eigenvalue weighted by Crippen LogP contribution is -2.39. The van der Waals surface area contributed by atoms with Gasteiger partial charge in [-0.15, -0.1) is 0 Å². The van der Waals surface area contributed by atoms with Gasteiger partial charge in [-0.3, -0.25) is 9.67 Å². The number of hydrogen-bond acceptors (Lipinski definition) is 5. The Labute approximate surface area is 169 Å². The molecule has 0 unspecified atom stereocenters. The first kappa shape index (κ1) is 20.6. The van der Waals surface area contributed by atoms with E-state index in [4.69, 9.17) is 10.1 Å². The number of aromatic nitrogens is 2. The fourth-order valence-electron chi connectivity index (χ4n) is 3.88. The number of anilines is 1. The third-order valence-electron chi connectivity index (χ3n) is 5.78. The number of likely N-dealkylation sites (N-methyl/N-ethyl adjacent to an activating group) is 1. The van der Waals surface area contributed by atoms with Crippen LogP contribution in [-0.2, 0) is 0 Å². The molecule has 1 aliphatic heterocycles. The zero-order valence-corrected chi connectivity index (χ0v) is 17.8. The van der Waals surface area contributed by atoms with Crippen LogP contribution in [0.25, 0.3) is 0 Å². The van der Waals surface area contributed by atoms with Gasteiger partial charge in [0.25, 0.3) is 0 Å². The number of aliphatic imine (C=N–C) groups is 2. The number of rotatable bonds is 8. The first-order valence-electron chi connectivity index (χ1n) is 10.5. The molecule has 2 fully saturated rings. The molecule has 1 aliphatic carbocycles. The second-order valence-corrected chi connectivity index (χ2v) is 8.10. The van der Waals surface area contributed by atoms with Gasteiger partial charge < -0.3 is 15.5 Å². The molecule has 0 aromatic carbocycles. The molecule has 1 aromatic heterocycles. The van der Waals surface area contributed by atoms with E-state index in [1.807, 2.05) is 13.2 Å². The zero-order chi connectivity index (χ0) is 20.1. The van der Waals surface area contributed by atoms with Crippen molar-refractivity contribution in [1.29, 1.82) is 0 Å². The van der Waals surface area contributed by atoms with Gasteiger partial charge in [0.1, 0.15) is 12.5 Å². The molecule has 1 saturated heterocycles. The minimum absolute atomic E-state index is 0.490. The minimum Gasteiger partial charge on any atom is -0.373 e. The fourth-order valence-corrected chi connectivity index (χ4v) is 3.88. The third-order valence-corrected chi connectivity index (χ3v) is 5.78. The van der Waals surface area contributed by atoms with Crippen LogP contribution in [-0.4, -0.2) is 60.1 Å². The molecular formula is C21H35N7. The topological polar surface area (TPSA) is 69.8 Å². The normalized spacial score (nSPS) is 19.9. The van der Waals surface area contributed by atoms with Crippen molar-refractivity contribution in [2.75, 3.05) is 32.1 Å². The molecule has 1 aromatic rings. The lowest BCUT2D eigenvalue weighted by molar-refractivity contribution is 0.147. The molecule has 0 atom stereocenters. The standard InChI is InChI=1S/C21H35N7/c1-15(2)27-10-8-18(9-11-27)28-13-20(16(3)26-28)24-14-25-21(23-5)19(12-22-4)17-6-7-17/h12-13,15,17-18,24H,4,6-11,14H2,1-3,5H3,(H,23,25)/b19-12-. The lowest BCUT2D eigenvalue weighted by Gasteiger charge is -2.34. The van der Waals surface area contributed by atoms with E-state index in [0.29, 0.717) is 24.7 Å². The second kappa shape index (κ2) is 9.37. The highest BCUT2D eigenvalue weighted by Gasteiger charge is 2.28. The van der Waals surface area contributed by atoms with Crippen molar-refractivity contribution >= 4 is 18.2 Å². The highest BCUT2D eigenvalue weighted by atomic mass is 15.3. The monoisotopic (exact) mass is 385 g/mol. The van der Waals surface area contributed by atoms with E-state index in [1.165, 1.54) is 12.8 Å². The van der Waals surface area contributed by atoms with Crippen LogP contribution in [0, 0.1) is 12.8 Å². The SMILES string of the molecule is C=N/C=C(\C(=N/CNc1cn(C2CCN(C(C)C)CC2)nc1C)NC)C1CC1. The number of hydrogen-bond donors (Lipinski definition) is 2. The van der Waals surface area contributed by atoms with Crippen LogP contribution in [0.3, 0.4) is 0 Å². The van der Waals surface area contributed by atoms with E-state index in [1.54, 1.807) is 0 Å². The molecule has 0 amide bonds. The van der Waals surface area contributed by atoms with E-state index < -0.39 is 0 Å². The maximum atomic E-state index is 4.76. The molecule has 2 N–H and O–H groups in total. The van der Waals surface area contributed by atoms with E-state index in [0.717, 1.165) is 48.7 Å². The van der Waals surface area contributed by atoms with Gasteiger partial charge in [-0.2, -0.15) is 5.10 Å². The van der Waals surface area contributed by atoms with Gasteiger partial charge in [0.2, 0.25) is 0 Å². The summed E-state index contributed by atoms with van der Waals surface area (Å²) in [4.78, 5) is 11.2. The first-order valence-corrected chi connectivity index (χ1v) is 10.5. The summed E-state index contributed by atoms with van der Waals surface area (Å²) in [5.41, 5.74) is 3.24. The lowest BCUT2D eigenvalue weighted by atomic mass is 10.0. The summed E-state index contributed by atoms with van der Waals surface area (Å²) in [5, 5.41) is 11.4. The Morgan fingerprint density at radius 1 is 1.32 bits per heavy atom. The predicted octanol–water partition coefficient (Wildman–Crippen LogP) is 3.22. The summed E-state index contributed by atoms with van der Waals surface area (Å²) in [5.74, 6) is 1.46.